The second-order valence-corrected chi connectivity index (χ2v) is 7.52. The van der Waals surface area contributed by atoms with Crippen LogP contribution in [0.1, 0.15) is 59.3 Å². The standard InChI is InChI=1S/C18H24N4O2/c1-11(10-22-7-5-6-19-22)20-17(24)16-12(2)15-13(21-16)8-18(3,4)9-14(15)23/h5-7,11,21H,8-10H2,1-4H3,(H,20,24). The zero-order chi connectivity index (χ0) is 17.5. The number of aromatic nitrogens is 3. The highest BCUT2D eigenvalue weighted by Gasteiger charge is 2.35. The third-order valence-corrected chi connectivity index (χ3v) is 4.53. The van der Waals surface area contributed by atoms with Gasteiger partial charge in [-0.15, -0.1) is 0 Å². The molecule has 6 nitrogen and oxygen atoms in total. The van der Waals surface area contributed by atoms with Crippen LogP contribution in [0.3, 0.4) is 0 Å². The molecule has 2 aromatic rings. The van der Waals surface area contributed by atoms with E-state index in [1.165, 1.54) is 0 Å². The summed E-state index contributed by atoms with van der Waals surface area (Å²) in [6.45, 7) is 8.54. The average Bonchev–Trinajstić information content (AvgIpc) is 3.05. The van der Waals surface area contributed by atoms with Crippen LogP contribution in [0, 0.1) is 12.3 Å². The fourth-order valence-corrected chi connectivity index (χ4v) is 3.49. The lowest BCUT2D eigenvalue weighted by molar-refractivity contribution is 0.0908. The van der Waals surface area contributed by atoms with Crippen LogP contribution in [-0.4, -0.2) is 32.5 Å². The second kappa shape index (κ2) is 5.92. The van der Waals surface area contributed by atoms with Crippen molar-refractivity contribution >= 4 is 11.7 Å². The van der Waals surface area contributed by atoms with Crippen LogP contribution < -0.4 is 5.32 Å². The van der Waals surface area contributed by atoms with Crippen LogP contribution in [0.15, 0.2) is 18.5 Å². The molecule has 3 rings (SSSR count). The topological polar surface area (TPSA) is 79.8 Å². The third-order valence-electron chi connectivity index (χ3n) is 4.53. The lowest BCUT2D eigenvalue weighted by Gasteiger charge is -2.28. The summed E-state index contributed by atoms with van der Waals surface area (Å²) in [5.41, 5.74) is 2.79. The lowest BCUT2D eigenvalue weighted by Crippen LogP contribution is -2.36. The van der Waals surface area contributed by atoms with Crippen LogP contribution >= 0.6 is 0 Å². The summed E-state index contributed by atoms with van der Waals surface area (Å²) < 4.78 is 1.78. The number of carbonyl (C=O) groups is 2. The van der Waals surface area contributed by atoms with Crippen molar-refractivity contribution in [2.45, 2.75) is 53.1 Å². The van der Waals surface area contributed by atoms with Crippen molar-refractivity contribution < 1.29 is 9.59 Å². The van der Waals surface area contributed by atoms with Crippen LogP contribution in [0.5, 0.6) is 0 Å². The molecule has 2 aromatic heterocycles. The Labute approximate surface area is 141 Å². The van der Waals surface area contributed by atoms with Gasteiger partial charge in [-0.2, -0.15) is 5.10 Å². The molecule has 0 aliphatic heterocycles. The number of hydrogen-bond acceptors (Lipinski definition) is 3. The number of hydrogen-bond donors (Lipinski definition) is 2. The van der Waals surface area contributed by atoms with Crippen molar-refractivity contribution in [1.29, 1.82) is 0 Å². The Balaban J connectivity index is 1.78. The maximum Gasteiger partial charge on any atom is 0.268 e. The lowest BCUT2D eigenvalue weighted by atomic mass is 9.75. The van der Waals surface area contributed by atoms with Gasteiger partial charge in [0.05, 0.1) is 6.54 Å². The normalized spacial score (nSPS) is 17.4. The Morgan fingerprint density at radius 1 is 1.46 bits per heavy atom. The monoisotopic (exact) mass is 328 g/mol. The van der Waals surface area contributed by atoms with Gasteiger partial charge in [0.15, 0.2) is 5.78 Å². The molecule has 1 unspecified atom stereocenters. The van der Waals surface area contributed by atoms with E-state index in [4.69, 9.17) is 0 Å². The van der Waals surface area contributed by atoms with Crippen LogP contribution in [0.25, 0.3) is 0 Å². The predicted octanol–water partition coefficient (Wildman–Crippen LogP) is 2.49. The maximum atomic E-state index is 12.6. The molecule has 0 saturated carbocycles. The van der Waals surface area contributed by atoms with Crippen molar-refractivity contribution in [3.63, 3.8) is 0 Å². The summed E-state index contributed by atoms with van der Waals surface area (Å²) in [4.78, 5) is 28.2. The van der Waals surface area contributed by atoms with Gasteiger partial charge in [-0.1, -0.05) is 13.8 Å². The second-order valence-electron chi connectivity index (χ2n) is 7.52. The molecular weight excluding hydrogens is 304 g/mol. The molecule has 128 valence electrons. The quantitative estimate of drug-likeness (QED) is 0.905. The molecule has 0 saturated heterocycles. The average molecular weight is 328 g/mol. The fourth-order valence-electron chi connectivity index (χ4n) is 3.49. The van der Waals surface area contributed by atoms with Gasteiger partial charge in [0.2, 0.25) is 0 Å². The number of carbonyl (C=O) groups excluding carboxylic acids is 2. The summed E-state index contributed by atoms with van der Waals surface area (Å²) in [5.74, 6) is -0.0502. The highest BCUT2D eigenvalue weighted by atomic mass is 16.2. The van der Waals surface area contributed by atoms with Gasteiger partial charge in [0.1, 0.15) is 5.69 Å². The van der Waals surface area contributed by atoms with E-state index >= 15 is 0 Å². The summed E-state index contributed by atoms with van der Waals surface area (Å²) >= 11 is 0. The SMILES string of the molecule is Cc1c(C(=O)NC(C)Cn2cccn2)[nH]c2c1C(=O)CC(C)(C)C2. The third kappa shape index (κ3) is 3.13. The summed E-state index contributed by atoms with van der Waals surface area (Å²) in [6, 6.07) is 1.79. The van der Waals surface area contributed by atoms with Gasteiger partial charge < -0.3 is 10.3 Å². The number of amides is 1. The molecule has 6 heteroatoms. The number of fused-ring (bicyclic) bond motifs is 1. The molecule has 1 atom stereocenters. The van der Waals surface area contributed by atoms with Crippen molar-refractivity contribution in [2.24, 2.45) is 5.41 Å². The van der Waals surface area contributed by atoms with E-state index in [9.17, 15) is 9.59 Å². The van der Waals surface area contributed by atoms with Gasteiger partial charge in [0.25, 0.3) is 5.91 Å². The molecule has 1 amide bonds. The van der Waals surface area contributed by atoms with Crippen molar-refractivity contribution in [1.82, 2.24) is 20.1 Å². The number of rotatable bonds is 4. The molecule has 2 heterocycles. The Kier molecular flexibility index (Phi) is 4.07. The Hall–Kier alpha value is -2.37. The molecule has 1 aliphatic rings. The molecule has 24 heavy (non-hydrogen) atoms. The van der Waals surface area contributed by atoms with Gasteiger partial charge in [-0.25, -0.2) is 0 Å². The van der Waals surface area contributed by atoms with Crippen LogP contribution in [0.4, 0.5) is 0 Å². The fraction of sp³-hybridized carbons (Fsp3) is 0.500. The molecule has 0 radical (unpaired) electrons. The van der Waals surface area contributed by atoms with Gasteiger partial charge in [-0.3, -0.25) is 14.3 Å². The van der Waals surface area contributed by atoms with E-state index in [0.717, 1.165) is 17.7 Å². The number of H-pyrrole nitrogens is 1. The van der Waals surface area contributed by atoms with E-state index in [-0.39, 0.29) is 23.1 Å². The predicted molar refractivity (Wildman–Crippen MR) is 91.1 cm³/mol. The Morgan fingerprint density at radius 2 is 2.21 bits per heavy atom. The minimum Gasteiger partial charge on any atom is -0.354 e. The van der Waals surface area contributed by atoms with Crippen LogP contribution in [0.2, 0.25) is 0 Å². The maximum absolute atomic E-state index is 12.6. The van der Waals surface area contributed by atoms with Crippen molar-refractivity contribution in [2.75, 3.05) is 0 Å². The number of aromatic amines is 1. The zero-order valence-corrected chi connectivity index (χ0v) is 14.6. The first-order valence-electron chi connectivity index (χ1n) is 8.30. The van der Waals surface area contributed by atoms with Crippen molar-refractivity contribution in [3.8, 4) is 0 Å². The van der Waals surface area contributed by atoms with Crippen molar-refractivity contribution in [3.05, 3.63) is 41.0 Å². The molecule has 0 bridgehead atoms. The van der Waals surface area contributed by atoms with Gasteiger partial charge in [-0.05, 0) is 37.3 Å². The first-order chi connectivity index (χ1) is 11.3. The molecule has 0 fully saturated rings. The van der Waals surface area contributed by atoms with E-state index < -0.39 is 0 Å². The number of nitrogens with one attached hydrogen (secondary N) is 2. The minimum absolute atomic E-state index is 0.0655. The Morgan fingerprint density at radius 3 is 2.88 bits per heavy atom. The summed E-state index contributed by atoms with van der Waals surface area (Å²) in [7, 11) is 0. The molecule has 0 aromatic carbocycles. The highest BCUT2D eigenvalue weighted by Crippen LogP contribution is 2.36. The van der Waals surface area contributed by atoms with E-state index in [2.05, 4.69) is 29.2 Å². The van der Waals surface area contributed by atoms with Crippen LogP contribution in [-0.2, 0) is 13.0 Å². The molecular formula is C18H24N4O2. The Bertz CT molecular complexity index is 771. The highest BCUT2D eigenvalue weighted by molar-refractivity contribution is 6.04. The summed E-state index contributed by atoms with van der Waals surface area (Å²) in [5, 5.41) is 7.12. The van der Waals surface area contributed by atoms with E-state index in [1.807, 2.05) is 26.1 Å². The molecule has 0 spiro atoms. The first-order valence-corrected chi connectivity index (χ1v) is 8.30. The minimum atomic E-state index is -0.174. The molecule has 2 N–H and O–H groups in total. The van der Waals surface area contributed by atoms with E-state index in [1.54, 1.807) is 10.9 Å². The zero-order valence-electron chi connectivity index (χ0n) is 14.6. The first kappa shape index (κ1) is 16.5. The van der Waals surface area contributed by atoms with Gasteiger partial charge in [0, 0.05) is 36.1 Å². The molecule has 1 aliphatic carbocycles. The smallest absolute Gasteiger partial charge is 0.268 e. The number of nitrogens with zero attached hydrogens (tertiary/aromatic N) is 2. The van der Waals surface area contributed by atoms with Gasteiger partial charge >= 0.3 is 0 Å². The van der Waals surface area contributed by atoms with E-state index in [0.29, 0.717) is 24.2 Å². The summed E-state index contributed by atoms with van der Waals surface area (Å²) in [6.07, 6.45) is 4.88. The number of Topliss-reactive ketones (excluding diaryl/α,β-unsaturated/α-hetero) is 1. The number of ketones is 1. The largest absolute Gasteiger partial charge is 0.354 e.